The van der Waals surface area contributed by atoms with Crippen LogP contribution in [0.2, 0.25) is 0 Å². The molecule has 6 heteroatoms. The van der Waals surface area contributed by atoms with Crippen molar-refractivity contribution >= 4 is 33.5 Å². The van der Waals surface area contributed by atoms with Crippen molar-refractivity contribution in [1.29, 1.82) is 0 Å². The number of carbonyl (C=O) groups excluding carboxylic acids is 1. The monoisotopic (exact) mass is 312 g/mol. The van der Waals surface area contributed by atoms with E-state index in [1.54, 1.807) is 12.1 Å². The molecule has 0 aromatic heterocycles. The van der Waals surface area contributed by atoms with Gasteiger partial charge in [0, 0.05) is 23.5 Å². The number of amides is 1. The zero-order valence-electron chi connectivity index (χ0n) is 9.60. The van der Waals surface area contributed by atoms with Gasteiger partial charge in [-0.25, -0.2) is 0 Å². The lowest BCUT2D eigenvalue weighted by Crippen LogP contribution is -2.48. The summed E-state index contributed by atoms with van der Waals surface area (Å²) in [5.74, 6) is -1.12. The second-order valence-electron chi connectivity index (χ2n) is 4.39. The fourth-order valence-corrected chi connectivity index (χ4v) is 2.47. The number of rotatable bonds is 4. The van der Waals surface area contributed by atoms with Crippen LogP contribution in [0.3, 0.4) is 0 Å². The molecule has 1 heterocycles. The number of benzene rings is 1. The van der Waals surface area contributed by atoms with Crippen LogP contribution in [0.5, 0.6) is 0 Å². The van der Waals surface area contributed by atoms with Gasteiger partial charge in [-0.2, -0.15) is 0 Å². The molecule has 0 spiro atoms. The van der Waals surface area contributed by atoms with Gasteiger partial charge < -0.3 is 15.7 Å². The van der Waals surface area contributed by atoms with Gasteiger partial charge in [-0.15, -0.1) is 0 Å². The molecule has 1 aromatic carbocycles. The number of halogens is 1. The number of hydrogen-bond acceptors (Lipinski definition) is 3. The number of nitrogens with zero attached hydrogens (tertiary/aromatic N) is 1. The summed E-state index contributed by atoms with van der Waals surface area (Å²) in [5, 5.41) is 8.69. The van der Waals surface area contributed by atoms with E-state index in [9.17, 15) is 9.59 Å². The Morgan fingerprint density at radius 3 is 2.67 bits per heavy atom. The van der Waals surface area contributed by atoms with Crippen molar-refractivity contribution in [3.63, 3.8) is 0 Å². The third kappa shape index (κ3) is 2.64. The Hall–Kier alpha value is -1.56. The van der Waals surface area contributed by atoms with Crippen molar-refractivity contribution in [2.45, 2.75) is 6.42 Å². The number of carboxylic acid groups (broad SMARTS) is 1. The highest BCUT2D eigenvalue weighted by atomic mass is 79.9. The lowest BCUT2D eigenvalue weighted by molar-refractivity contribution is -0.138. The second-order valence-corrected chi connectivity index (χ2v) is 5.31. The van der Waals surface area contributed by atoms with Crippen molar-refractivity contribution in [3.05, 3.63) is 28.2 Å². The topological polar surface area (TPSA) is 83.6 Å². The molecule has 18 heavy (non-hydrogen) atoms. The first kappa shape index (κ1) is 12.9. The fraction of sp³-hybridized carbons (Fsp3) is 0.333. The van der Waals surface area contributed by atoms with Gasteiger partial charge in [-0.1, -0.05) is 15.9 Å². The van der Waals surface area contributed by atoms with Crippen LogP contribution < -0.4 is 10.6 Å². The molecule has 0 bridgehead atoms. The Morgan fingerprint density at radius 1 is 1.44 bits per heavy atom. The molecule has 0 saturated carbocycles. The van der Waals surface area contributed by atoms with Crippen molar-refractivity contribution < 1.29 is 14.7 Å². The predicted molar refractivity (Wildman–Crippen MR) is 70.6 cm³/mol. The summed E-state index contributed by atoms with van der Waals surface area (Å²) in [5.41, 5.74) is 6.55. The molecule has 1 aliphatic heterocycles. The lowest BCUT2D eigenvalue weighted by atomic mass is 9.94. The van der Waals surface area contributed by atoms with E-state index in [4.69, 9.17) is 10.8 Å². The maximum absolute atomic E-state index is 11.3. The molecule has 3 N–H and O–H groups in total. The molecule has 1 fully saturated rings. The van der Waals surface area contributed by atoms with Gasteiger partial charge in [0.1, 0.15) is 0 Å². The highest BCUT2D eigenvalue weighted by molar-refractivity contribution is 9.10. The molecule has 1 aromatic rings. The number of anilines is 1. The van der Waals surface area contributed by atoms with Gasteiger partial charge in [0.25, 0.3) is 5.91 Å². The van der Waals surface area contributed by atoms with Crippen LogP contribution in [0, 0.1) is 5.92 Å². The minimum absolute atomic E-state index is 0.141. The van der Waals surface area contributed by atoms with Crippen molar-refractivity contribution in [2.24, 2.45) is 11.7 Å². The summed E-state index contributed by atoms with van der Waals surface area (Å²) in [6, 6.07) is 5.27. The van der Waals surface area contributed by atoms with E-state index in [1.165, 1.54) is 0 Å². The minimum Gasteiger partial charge on any atom is -0.481 e. The Kier molecular flexibility index (Phi) is 3.56. The van der Waals surface area contributed by atoms with Crippen LogP contribution in [0.4, 0.5) is 5.69 Å². The zero-order valence-corrected chi connectivity index (χ0v) is 11.2. The summed E-state index contributed by atoms with van der Waals surface area (Å²) in [6.45, 7) is 1.28. The largest absolute Gasteiger partial charge is 0.481 e. The molecule has 0 atom stereocenters. The minimum atomic E-state index is -0.788. The summed E-state index contributed by atoms with van der Waals surface area (Å²) in [6.07, 6.45) is 0.163. The molecule has 1 amide bonds. The first-order valence-corrected chi connectivity index (χ1v) is 6.32. The Labute approximate surface area is 113 Å². The Balaban J connectivity index is 2.13. The molecule has 1 saturated heterocycles. The molecule has 5 nitrogen and oxygen atoms in total. The summed E-state index contributed by atoms with van der Waals surface area (Å²) in [4.78, 5) is 23.9. The zero-order chi connectivity index (χ0) is 13.3. The first-order valence-electron chi connectivity index (χ1n) is 5.53. The predicted octanol–water partition coefficient (Wildman–Crippen LogP) is 1.46. The van der Waals surface area contributed by atoms with Gasteiger partial charge in [-0.3, -0.25) is 9.59 Å². The number of carbonyl (C=O) groups is 2. The van der Waals surface area contributed by atoms with E-state index in [0.29, 0.717) is 18.7 Å². The molecule has 0 unspecified atom stereocenters. The normalized spacial score (nSPS) is 15.3. The van der Waals surface area contributed by atoms with E-state index < -0.39 is 11.9 Å². The number of hydrogen-bond donors (Lipinski definition) is 2. The quantitative estimate of drug-likeness (QED) is 0.881. The highest BCUT2D eigenvalue weighted by Crippen LogP contribution is 2.31. The second kappa shape index (κ2) is 4.97. The summed E-state index contributed by atoms with van der Waals surface area (Å²) in [7, 11) is 0. The van der Waals surface area contributed by atoms with Gasteiger partial charge in [-0.05, 0) is 18.2 Å². The van der Waals surface area contributed by atoms with Gasteiger partial charge in [0.2, 0.25) is 0 Å². The molecular weight excluding hydrogens is 300 g/mol. The van der Waals surface area contributed by atoms with E-state index >= 15 is 0 Å². The van der Waals surface area contributed by atoms with Crippen molar-refractivity contribution in [1.82, 2.24) is 0 Å². The molecular formula is C12H13BrN2O3. The van der Waals surface area contributed by atoms with Crippen molar-refractivity contribution in [2.75, 3.05) is 18.0 Å². The number of aliphatic carboxylic acids is 1. The highest BCUT2D eigenvalue weighted by Gasteiger charge is 2.30. The maximum Gasteiger partial charge on any atom is 0.303 e. The number of nitrogens with two attached hydrogens (primary N) is 1. The average molecular weight is 313 g/mol. The van der Waals surface area contributed by atoms with Gasteiger partial charge >= 0.3 is 5.97 Å². The van der Waals surface area contributed by atoms with Crippen LogP contribution in [0.15, 0.2) is 22.7 Å². The first-order chi connectivity index (χ1) is 8.47. The summed E-state index contributed by atoms with van der Waals surface area (Å²) >= 11 is 3.35. The maximum atomic E-state index is 11.3. The van der Waals surface area contributed by atoms with Crippen LogP contribution in [-0.2, 0) is 4.79 Å². The van der Waals surface area contributed by atoms with Crippen LogP contribution in [0.25, 0.3) is 0 Å². The number of primary amides is 1. The fourth-order valence-electron chi connectivity index (χ4n) is 2.12. The molecule has 0 aliphatic carbocycles. The van der Waals surface area contributed by atoms with E-state index in [2.05, 4.69) is 15.9 Å². The smallest absolute Gasteiger partial charge is 0.303 e. The molecule has 2 rings (SSSR count). The molecule has 96 valence electrons. The van der Waals surface area contributed by atoms with E-state index in [-0.39, 0.29) is 12.3 Å². The summed E-state index contributed by atoms with van der Waals surface area (Å²) < 4.78 is 0.865. The lowest BCUT2D eigenvalue weighted by Gasteiger charge is -2.41. The van der Waals surface area contributed by atoms with Gasteiger partial charge in [0.15, 0.2) is 0 Å². The standard InChI is InChI=1S/C12H13BrN2O3/c13-8-1-2-9(12(14)18)10(4-8)15-5-7(6-15)3-11(16)17/h1-2,4,7H,3,5-6H2,(H2,14,18)(H,16,17). The SMILES string of the molecule is NC(=O)c1ccc(Br)cc1N1CC(CC(=O)O)C1. The van der Waals surface area contributed by atoms with Crippen LogP contribution >= 0.6 is 15.9 Å². The Bertz CT molecular complexity index is 498. The van der Waals surface area contributed by atoms with Gasteiger partial charge in [0.05, 0.1) is 17.7 Å². The van der Waals surface area contributed by atoms with Crippen LogP contribution in [-0.4, -0.2) is 30.1 Å². The van der Waals surface area contributed by atoms with E-state index in [1.807, 2.05) is 11.0 Å². The van der Waals surface area contributed by atoms with Crippen molar-refractivity contribution in [3.8, 4) is 0 Å². The molecule has 0 radical (unpaired) electrons. The average Bonchev–Trinajstić information content (AvgIpc) is 2.21. The van der Waals surface area contributed by atoms with Crippen LogP contribution in [0.1, 0.15) is 16.8 Å². The van der Waals surface area contributed by atoms with E-state index in [0.717, 1.165) is 10.2 Å². The molecule has 1 aliphatic rings. The number of carboxylic acids is 1. The third-order valence-corrected chi connectivity index (χ3v) is 3.48. The Morgan fingerprint density at radius 2 is 2.11 bits per heavy atom. The third-order valence-electron chi connectivity index (χ3n) is 2.99.